The van der Waals surface area contributed by atoms with E-state index in [4.69, 9.17) is 71.8 Å². The van der Waals surface area contributed by atoms with Gasteiger partial charge in [0.1, 0.15) is 18.0 Å². The number of benzene rings is 3. The monoisotopic (exact) mass is 706 g/mol. The first kappa shape index (κ1) is 34.0. The van der Waals surface area contributed by atoms with E-state index in [9.17, 15) is 9.59 Å². The molecule has 0 N–H and O–H groups in total. The Balaban J connectivity index is 1.46. The molecule has 0 spiro atoms. The van der Waals surface area contributed by atoms with Crippen molar-refractivity contribution in [3.8, 4) is 18.1 Å². The fraction of sp³-hybridized carbons (Fsp3) is 0.273. The average molecular weight is 708 g/mol. The normalized spacial score (nSPS) is 20.8. The molecule has 13 heteroatoms. The number of ether oxygens (including phenoxy) is 4. The molecule has 46 heavy (non-hydrogen) atoms. The molecule has 1 aromatic heterocycles. The summed E-state index contributed by atoms with van der Waals surface area (Å²) in [6.45, 7) is -0.399. The van der Waals surface area contributed by atoms with Gasteiger partial charge in [0.2, 0.25) is 5.67 Å². The predicted octanol–water partition coefficient (Wildman–Crippen LogP) is 6.72. The summed E-state index contributed by atoms with van der Waals surface area (Å²) in [4.78, 5) is 26.5. The number of terminal acetylenes is 1. The summed E-state index contributed by atoms with van der Waals surface area (Å²) in [5.74, 6) is 2.76. The maximum absolute atomic E-state index is 17.1. The highest BCUT2D eigenvalue weighted by Crippen LogP contribution is 2.43. The van der Waals surface area contributed by atoms with Crippen LogP contribution in [-0.4, -0.2) is 40.7 Å². The maximum atomic E-state index is 17.1. The summed E-state index contributed by atoms with van der Waals surface area (Å²) >= 11 is 24.6. The van der Waals surface area contributed by atoms with Gasteiger partial charge >= 0.3 is 5.69 Å². The van der Waals surface area contributed by atoms with Crippen LogP contribution in [-0.2, 0) is 34.0 Å². The number of hydrogen-bond donors (Lipinski definition) is 0. The molecule has 0 unspecified atom stereocenters. The summed E-state index contributed by atoms with van der Waals surface area (Å²) < 4.78 is 42.2. The van der Waals surface area contributed by atoms with Crippen molar-refractivity contribution in [2.45, 2.75) is 43.9 Å². The van der Waals surface area contributed by atoms with E-state index in [1.165, 1.54) is 13.2 Å². The van der Waals surface area contributed by atoms with E-state index in [1.807, 2.05) is 0 Å². The summed E-state index contributed by atoms with van der Waals surface area (Å²) in [5.41, 5.74) is -2.31. The zero-order chi connectivity index (χ0) is 33.0. The van der Waals surface area contributed by atoms with E-state index in [-0.39, 0.29) is 26.4 Å². The molecule has 1 saturated heterocycles. The molecule has 2 heterocycles. The summed E-state index contributed by atoms with van der Waals surface area (Å²) in [5, 5.41) is 1.56. The Kier molecular flexibility index (Phi) is 10.8. The topological polar surface area (TPSA) is 80.9 Å². The minimum Gasteiger partial charge on any atom is -0.497 e. The van der Waals surface area contributed by atoms with Gasteiger partial charge < -0.3 is 18.9 Å². The van der Waals surface area contributed by atoms with Gasteiger partial charge in [-0.2, -0.15) is 0 Å². The first-order valence-corrected chi connectivity index (χ1v) is 15.4. The maximum Gasteiger partial charge on any atom is 0.333 e. The van der Waals surface area contributed by atoms with Crippen LogP contribution in [0.25, 0.3) is 0 Å². The lowest BCUT2D eigenvalue weighted by atomic mass is 9.96. The highest BCUT2D eigenvalue weighted by atomic mass is 35.5. The van der Waals surface area contributed by atoms with Gasteiger partial charge in [0.05, 0.1) is 33.5 Å². The quantitative estimate of drug-likeness (QED) is 0.161. The molecule has 1 aliphatic rings. The summed E-state index contributed by atoms with van der Waals surface area (Å²) in [7, 11) is 1.53. The van der Waals surface area contributed by atoms with Crippen molar-refractivity contribution < 1.29 is 23.3 Å². The number of nitrogens with zero attached hydrogens (tertiary/aromatic N) is 2. The van der Waals surface area contributed by atoms with Gasteiger partial charge in [0.25, 0.3) is 5.56 Å². The second-order valence-electron chi connectivity index (χ2n) is 10.4. The molecule has 0 radical (unpaired) electrons. The summed E-state index contributed by atoms with van der Waals surface area (Å²) in [6, 6.07) is 17.7. The van der Waals surface area contributed by atoms with Gasteiger partial charge in [-0.1, -0.05) is 76.6 Å². The number of alkyl halides is 1. The average Bonchev–Trinajstić information content (AvgIpc) is 3.31. The Morgan fingerprint density at radius 3 is 2.15 bits per heavy atom. The van der Waals surface area contributed by atoms with Crippen LogP contribution in [0, 0.1) is 12.3 Å². The highest BCUT2D eigenvalue weighted by Gasteiger charge is 2.59. The van der Waals surface area contributed by atoms with Crippen LogP contribution in [0.3, 0.4) is 0 Å². The molecule has 0 saturated carbocycles. The number of rotatable bonds is 11. The first-order valence-electron chi connectivity index (χ1n) is 13.9. The number of hydrogen-bond acceptors (Lipinski definition) is 6. The fourth-order valence-electron chi connectivity index (χ4n) is 5.03. The fourth-order valence-corrected chi connectivity index (χ4v) is 5.96. The number of halogens is 5. The van der Waals surface area contributed by atoms with E-state index in [2.05, 4.69) is 5.92 Å². The Morgan fingerprint density at radius 1 is 0.935 bits per heavy atom. The second kappa shape index (κ2) is 14.6. The standard InChI is InChI=1S/C33H27Cl4FN2O6/c1-3-33(38)30(45-18-22-7-9-24(35)15-27(22)37)28(19-44-17-21-6-8-23(34)14-26(21)36)46-31(33)39-13-12-29(41)40(32(39)42)16-20-4-10-25(43-2)11-5-20/h1,4-15,28,30-31H,16-19H2,2H3/t28-,30-,31-,33+/m1/s1. The largest absolute Gasteiger partial charge is 0.497 e. The molecule has 8 nitrogen and oxygen atoms in total. The molecule has 0 bridgehead atoms. The van der Waals surface area contributed by atoms with Gasteiger partial charge in [0.15, 0.2) is 6.23 Å². The third kappa shape index (κ3) is 7.29. The van der Waals surface area contributed by atoms with Crippen LogP contribution in [0.1, 0.15) is 22.9 Å². The SMILES string of the molecule is C#C[C@]1(F)[C@H](OCc2ccc(Cl)cc2Cl)[C@@H](COCc2ccc(Cl)cc2Cl)O[C@H]1n1ccc(=O)n(Cc2ccc(OC)cc2)c1=O. The molecule has 1 aliphatic heterocycles. The van der Waals surface area contributed by atoms with Crippen LogP contribution in [0.2, 0.25) is 20.1 Å². The van der Waals surface area contributed by atoms with Gasteiger partial charge in [-0.3, -0.25) is 13.9 Å². The van der Waals surface area contributed by atoms with Crippen LogP contribution < -0.4 is 16.0 Å². The van der Waals surface area contributed by atoms with Crippen molar-refractivity contribution in [3.05, 3.63) is 131 Å². The van der Waals surface area contributed by atoms with E-state index in [1.54, 1.807) is 54.6 Å². The van der Waals surface area contributed by atoms with Gasteiger partial charge in [0, 0.05) is 32.4 Å². The van der Waals surface area contributed by atoms with Crippen molar-refractivity contribution >= 4 is 46.4 Å². The third-order valence-electron chi connectivity index (χ3n) is 7.47. The van der Waals surface area contributed by atoms with Crippen LogP contribution in [0.5, 0.6) is 5.75 Å². The van der Waals surface area contributed by atoms with Crippen molar-refractivity contribution in [2.24, 2.45) is 0 Å². The van der Waals surface area contributed by atoms with E-state index in [0.717, 1.165) is 21.4 Å². The van der Waals surface area contributed by atoms with Crippen molar-refractivity contribution in [1.29, 1.82) is 0 Å². The van der Waals surface area contributed by atoms with Crippen LogP contribution >= 0.6 is 46.4 Å². The lowest BCUT2D eigenvalue weighted by molar-refractivity contribution is -0.0835. The Hall–Kier alpha value is -3.33. The molecular formula is C33H27Cl4FN2O6. The van der Waals surface area contributed by atoms with Crippen molar-refractivity contribution in [1.82, 2.24) is 9.13 Å². The smallest absolute Gasteiger partial charge is 0.333 e. The van der Waals surface area contributed by atoms with E-state index < -0.39 is 35.4 Å². The molecule has 4 aromatic rings. The van der Waals surface area contributed by atoms with E-state index in [0.29, 0.717) is 42.5 Å². The molecule has 1 fully saturated rings. The molecule has 4 atom stereocenters. The number of methoxy groups -OCH3 is 1. The van der Waals surface area contributed by atoms with Crippen molar-refractivity contribution in [2.75, 3.05) is 13.7 Å². The highest BCUT2D eigenvalue weighted by molar-refractivity contribution is 6.35. The van der Waals surface area contributed by atoms with Crippen molar-refractivity contribution in [3.63, 3.8) is 0 Å². The molecule has 3 aromatic carbocycles. The minimum absolute atomic E-state index is 0.0400. The number of aromatic nitrogens is 2. The third-order valence-corrected chi connectivity index (χ3v) is 8.65. The first-order chi connectivity index (χ1) is 22.0. The summed E-state index contributed by atoms with van der Waals surface area (Å²) in [6.07, 6.45) is 2.74. The molecular weight excluding hydrogens is 681 g/mol. The zero-order valence-electron chi connectivity index (χ0n) is 24.3. The molecule has 5 rings (SSSR count). The lowest BCUT2D eigenvalue weighted by Crippen LogP contribution is -2.48. The predicted molar refractivity (Wildman–Crippen MR) is 175 cm³/mol. The Morgan fingerprint density at radius 2 is 1.57 bits per heavy atom. The minimum atomic E-state index is -2.68. The zero-order valence-corrected chi connectivity index (χ0v) is 27.3. The van der Waals surface area contributed by atoms with Crippen LogP contribution in [0.15, 0.2) is 82.5 Å². The lowest BCUT2D eigenvalue weighted by Gasteiger charge is -2.27. The van der Waals surface area contributed by atoms with Crippen LogP contribution in [0.4, 0.5) is 4.39 Å². The van der Waals surface area contributed by atoms with E-state index >= 15 is 4.39 Å². The molecule has 0 aliphatic carbocycles. The Bertz CT molecular complexity index is 1880. The second-order valence-corrected chi connectivity index (χ2v) is 12.1. The van der Waals surface area contributed by atoms with Gasteiger partial charge in [-0.05, 0) is 53.1 Å². The van der Waals surface area contributed by atoms with Gasteiger partial charge in [-0.25, -0.2) is 9.18 Å². The molecule has 240 valence electrons. The Labute approximate surface area is 284 Å². The molecule has 0 amide bonds. The van der Waals surface area contributed by atoms with Gasteiger partial charge in [-0.15, -0.1) is 6.42 Å².